The number of anilines is 1. The normalized spacial score (nSPS) is 11.0. The van der Waals surface area contributed by atoms with E-state index in [9.17, 15) is 4.79 Å². The number of carbonyl (C=O) groups is 1. The molecule has 1 N–H and O–H groups in total. The minimum Gasteiger partial charge on any atom is -0.328 e. The van der Waals surface area contributed by atoms with Crippen molar-refractivity contribution in [3.63, 3.8) is 0 Å². The van der Waals surface area contributed by atoms with E-state index in [1.165, 1.54) is 0 Å². The Morgan fingerprint density at radius 3 is 2.67 bits per heavy atom. The Hall–Kier alpha value is -3.41. The fourth-order valence-corrected chi connectivity index (χ4v) is 3.19. The summed E-state index contributed by atoms with van der Waals surface area (Å²) in [5.74, 6) is 1.53. The molecule has 0 aliphatic rings. The van der Waals surface area contributed by atoms with Crippen LogP contribution in [-0.4, -0.2) is 25.0 Å². The zero-order valence-electron chi connectivity index (χ0n) is 15.4. The van der Waals surface area contributed by atoms with Gasteiger partial charge in [0.1, 0.15) is 0 Å². The highest BCUT2D eigenvalue weighted by atomic mass is 16.1. The van der Waals surface area contributed by atoms with Crippen molar-refractivity contribution in [3.05, 3.63) is 66.5 Å². The number of nitrogens with zero attached hydrogens (tertiary/aromatic N) is 4. The monoisotopic (exact) mass is 359 g/mol. The van der Waals surface area contributed by atoms with Crippen LogP contribution < -0.4 is 5.32 Å². The predicted octanol–water partition coefficient (Wildman–Crippen LogP) is 3.77. The average molecular weight is 359 g/mol. The van der Waals surface area contributed by atoms with Crippen LogP contribution in [-0.2, 0) is 18.4 Å². The maximum Gasteiger partial charge on any atom is 0.226 e. The van der Waals surface area contributed by atoms with Crippen LogP contribution in [0.3, 0.4) is 0 Å². The topological polar surface area (TPSA) is 64.7 Å². The van der Waals surface area contributed by atoms with Crippen molar-refractivity contribution in [2.24, 2.45) is 7.05 Å². The number of aromatic nitrogens is 4. The molecule has 2 heterocycles. The third-order valence-corrected chi connectivity index (χ3v) is 4.70. The highest BCUT2D eigenvalue weighted by Gasteiger charge is 2.15. The lowest BCUT2D eigenvalue weighted by Crippen LogP contribution is -2.15. The highest BCUT2D eigenvalue weighted by molar-refractivity contribution is 5.91. The van der Waals surface area contributed by atoms with Crippen molar-refractivity contribution in [3.8, 4) is 11.6 Å². The van der Waals surface area contributed by atoms with Gasteiger partial charge in [-0.25, -0.2) is 9.97 Å². The summed E-state index contributed by atoms with van der Waals surface area (Å²) in [7, 11) is 1.98. The molecule has 0 aliphatic carbocycles. The summed E-state index contributed by atoms with van der Waals surface area (Å²) in [4.78, 5) is 21.5. The van der Waals surface area contributed by atoms with Crippen molar-refractivity contribution in [1.29, 1.82) is 0 Å². The van der Waals surface area contributed by atoms with Gasteiger partial charge in [-0.05, 0) is 30.7 Å². The predicted molar refractivity (Wildman–Crippen MR) is 106 cm³/mol. The number of rotatable bonds is 5. The van der Waals surface area contributed by atoms with E-state index in [1.54, 1.807) is 6.20 Å². The number of imidazole rings is 2. The molecule has 0 atom stereocenters. The quantitative estimate of drug-likeness (QED) is 0.590. The van der Waals surface area contributed by atoms with Crippen molar-refractivity contribution >= 4 is 22.6 Å². The van der Waals surface area contributed by atoms with Gasteiger partial charge in [0.05, 0.1) is 11.0 Å². The molecule has 27 heavy (non-hydrogen) atoms. The molecule has 4 rings (SSSR count). The summed E-state index contributed by atoms with van der Waals surface area (Å²) >= 11 is 0. The molecule has 0 saturated carbocycles. The number of para-hydroxylation sites is 3. The largest absolute Gasteiger partial charge is 0.328 e. The van der Waals surface area contributed by atoms with E-state index in [0.717, 1.165) is 33.9 Å². The van der Waals surface area contributed by atoms with Gasteiger partial charge in [0.25, 0.3) is 0 Å². The number of benzene rings is 2. The minimum absolute atomic E-state index is 0.0195. The second-order valence-electron chi connectivity index (χ2n) is 6.54. The van der Waals surface area contributed by atoms with E-state index in [0.29, 0.717) is 13.0 Å². The van der Waals surface area contributed by atoms with Crippen LogP contribution in [0.15, 0.2) is 60.9 Å². The lowest BCUT2D eigenvalue weighted by atomic mass is 10.2. The Kier molecular flexibility index (Phi) is 4.46. The van der Waals surface area contributed by atoms with Crippen molar-refractivity contribution in [1.82, 2.24) is 19.1 Å². The first-order valence-corrected chi connectivity index (χ1v) is 8.92. The molecule has 136 valence electrons. The fourth-order valence-electron chi connectivity index (χ4n) is 3.19. The lowest BCUT2D eigenvalue weighted by Gasteiger charge is -2.10. The van der Waals surface area contributed by atoms with Crippen LogP contribution >= 0.6 is 0 Å². The number of carbonyl (C=O) groups excluding carboxylic acids is 1. The fraction of sp³-hybridized carbons (Fsp3) is 0.190. The standard InChI is InChI=1S/C21H21N5O/c1-15-7-3-4-8-16(15)23-19(27)11-13-26-14-12-22-20(26)21-24-17-9-5-6-10-18(17)25(21)2/h3-10,12,14H,11,13H2,1-2H3,(H,23,27). The van der Waals surface area contributed by atoms with Crippen molar-refractivity contribution in [2.75, 3.05) is 5.32 Å². The van der Waals surface area contributed by atoms with Crippen LogP contribution in [0.1, 0.15) is 12.0 Å². The van der Waals surface area contributed by atoms with Gasteiger partial charge < -0.3 is 14.5 Å². The Bertz CT molecular complexity index is 1110. The number of aryl methyl sites for hydroxylation is 3. The van der Waals surface area contributed by atoms with Crippen LogP contribution in [0.5, 0.6) is 0 Å². The number of hydrogen-bond donors (Lipinski definition) is 1. The Balaban J connectivity index is 1.51. The summed E-state index contributed by atoms with van der Waals surface area (Å²) in [6.07, 6.45) is 3.99. The lowest BCUT2D eigenvalue weighted by molar-refractivity contribution is -0.116. The second-order valence-corrected chi connectivity index (χ2v) is 6.54. The minimum atomic E-state index is -0.0195. The molecule has 1 amide bonds. The van der Waals surface area contributed by atoms with Crippen molar-refractivity contribution in [2.45, 2.75) is 19.9 Å². The number of nitrogens with one attached hydrogen (secondary N) is 1. The molecule has 6 nitrogen and oxygen atoms in total. The van der Waals surface area contributed by atoms with Gasteiger partial charge in [-0.1, -0.05) is 30.3 Å². The molecule has 0 saturated heterocycles. The first-order chi connectivity index (χ1) is 13.1. The zero-order chi connectivity index (χ0) is 18.8. The van der Waals surface area contributed by atoms with Gasteiger partial charge in [0, 0.05) is 38.1 Å². The molecule has 0 fully saturated rings. The third-order valence-electron chi connectivity index (χ3n) is 4.70. The number of amides is 1. The van der Waals surface area contributed by atoms with E-state index >= 15 is 0 Å². The molecule has 4 aromatic rings. The van der Waals surface area contributed by atoms with Gasteiger partial charge in [-0.3, -0.25) is 4.79 Å². The molecule has 0 spiro atoms. The van der Waals surface area contributed by atoms with Crippen LogP contribution in [0.25, 0.3) is 22.7 Å². The molecule has 0 radical (unpaired) electrons. The molecule has 2 aromatic heterocycles. The van der Waals surface area contributed by atoms with Crippen LogP contribution in [0, 0.1) is 6.92 Å². The summed E-state index contributed by atoms with van der Waals surface area (Å²) in [6, 6.07) is 15.8. The average Bonchev–Trinajstić information content (AvgIpc) is 3.26. The van der Waals surface area contributed by atoms with Gasteiger partial charge >= 0.3 is 0 Å². The highest BCUT2D eigenvalue weighted by Crippen LogP contribution is 2.22. The van der Waals surface area contributed by atoms with E-state index in [-0.39, 0.29) is 5.91 Å². The molecular formula is C21H21N5O. The molecule has 0 unspecified atom stereocenters. The van der Waals surface area contributed by atoms with Gasteiger partial charge in [0.15, 0.2) is 11.6 Å². The first kappa shape index (κ1) is 17.0. The zero-order valence-corrected chi connectivity index (χ0v) is 15.4. The molecule has 0 bridgehead atoms. The summed E-state index contributed by atoms with van der Waals surface area (Å²) in [6.45, 7) is 2.52. The maximum atomic E-state index is 12.3. The number of hydrogen-bond acceptors (Lipinski definition) is 3. The summed E-state index contributed by atoms with van der Waals surface area (Å²) in [5, 5.41) is 2.97. The molecule has 6 heteroatoms. The second kappa shape index (κ2) is 7.07. The molecular weight excluding hydrogens is 338 g/mol. The Morgan fingerprint density at radius 1 is 1.07 bits per heavy atom. The van der Waals surface area contributed by atoms with E-state index in [2.05, 4.69) is 10.3 Å². The molecule has 0 aliphatic heterocycles. The van der Waals surface area contributed by atoms with Gasteiger partial charge in [-0.2, -0.15) is 0 Å². The van der Waals surface area contributed by atoms with E-state index in [4.69, 9.17) is 4.98 Å². The van der Waals surface area contributed by atoms with Crippen LogP contribution in [0.4, 0.5) is 5.69 Å². The Labute approximate surface area is 157 Å². The van der Waals surface area contributed by atoms with Crippen LogP contribution in [0.2, 0.25) is 0 Å². The van der Waals surface area contributed by atoms with Gasteiger partial charge in [0.2, 0.25) is 5.91 Å². The first-order valence-electron chi connectivity index (χ1n) is 8.92. The molecule has 2 aromatic carbocycles. The van der Waals surface area contributed by atoms with E-state index in [1.807, 2.05) is 77.8 Å². The number of fused-ring (bicyclic) bond motifs is 1. The SMILES string of the molecule is Cc1ccccc1NC(=O)CCn1ccnc1-c1nc2ccccc2n1C. The third kappa shape index (κ3) is 3.33. The van der Waals surface area contributed by atoms with Crippen molar-refractivity contribution < 1.29 is 4.79 Å². The van der Waals surface area contributed by atoms with Gasteiger partial charge in [-0.15, -0.1) is 0 Å². The smallest absolute Gasteiger partial charge is 0.226 e. The maximum absolute atomic E-state index is 12.3. The summed E-state index contributed by atoms with van der Waals surface area (Å²) < 4.78 is 4.00. The Morgan fingerprint density at radius 2 is 1.85 bits per heavy atom. The summed E-state index contributed by atoms with van der Waals surface area (Å²) in [5.41, 5.74) is 3.89. The van der Waals surface area contributed by atoms with E-state index < -0.39 is 0 Å².